The van der Waals surface area contributed by atoms with Gasteiger partial charge in [0.15, 0.2) is 6.61 Å². The Balaban J connectivity index is 1.42. The van der Waals surface area contributed by atoms with Gasteiger partial charge in [-0.25, -0.2) is 4.39 Å². The van der Waals surface area contributed by atoms with Crippen LogP contribution in [0, 0.1) is 11.7 Å². The van der Waals surface area contributed by atoms with E-state index in [4.69, 9.17) is 9.47 Å². The van der Waals surface area contributed by atoms with Crippen LogP contribution in [0.15, 0.2) is 48.5 Å². The summed E-state index contributed by atoms with van der Waals surface area (Å²) in [5, 5.41) is 2.91. The molecule has 1 amide bonds. The SMILES string of the molecule is COc1ccccc1N1CC[C@H](CNC(=O)COc2ccc(F)cc2)C1. The van der Waals surface area contributed by atoms with Crippen LogP contribution in [-0.2, 0) is 4.79 Å². The van der Waals surface area contributed by atoms with Gasteiger partial charge in [0.25, 0.3) is 5.91 Å². The summed E-state index contributed by atoms with van der Waals surface area (Å²) in [6, 6.07) is 13.6. The standard InChI is InChI=1S/C20H23FN2O3/c1-25-19-5-3-2-4-18(19)23-11-10-15(13-23)12-22-20(24)14-26-17-8-6-16(21)7-9-17/h2-9,15H,10-14H2,1H3,(H,22,24)/t15-/m1/s1. The number of amides is 1. The number of carbonyl (C=O) groups is 1. The van der Waals surface area contributed by atoms with Crippen molar-refractivity contribution in [2.45, 2.75) is 6.42 Å². The number of para-hydroxylation sites is 2. The van der Waals surface area contributed by atoms with Gasteiger partial charge in [-0.05, 0) is 48.7 Å². The highest BCUT2D eigenvalue weighted by molar-refractivity contribution is 5.77. The summed E-state index contributed by atoms with van der Waals surface area (Å²) in [7, 11) is 1.67. The van der Waals surface area contributed by atoms with Crippen molar-refractivity contribution in [3.05, 3.63) is 54.3 Å². The molecular formula is C20H23FN2O3. The third-order valence-corrected chi connectivity index (χ3v) is 4.48. The van der Waals surface area contributed by atoms with E-state index in [9.17, 15) is 9.18 Å². The van der Waals surface area contributed by atoms with E-state index in [0.29, 0.717) is 18.2 Å². The van der Waals surface area contributed by atoms with Crippen LogP contribution in [-0.4, -0.2) is 39.3 Å². The fourth-order valence-electron chi connectivity index (χ4n) is 3.10. The summed E-state index contributed by atoms with van der Waals surface area (Å²) in [4.78, 5) is 14.2. The second-order valence-corrected chi connectivity index (χ2v) is 6.32. The zero-order chi connectivity index (χ0) is 18.4. The largest absolute Gasteiger partial charge is 0.495 e. The molecule has 1 N–H and O–H groups in total. The van der Waals surface area contributed by atoms with Crippen molar-refractivity contribution >= 4 is 11.6 Å². The number of nitrogens with zero attached hydrogens (tertiary/aromatic N) is 1. The minimum atomic E-state index is -0.331. The molecule has 1 aliphatic heterocycles. The first kappa shape index (κ1) is 18.0. The Bertz CT molecular complexity index is 736. The van der Waals surface area contributed by atoms with Crippen LogP contribution in [0.5, 0.6) is 11.5 Å². The predicted molar refractivity (Wildman–Crippen MR) is 98.2 cm³/mol. The molecule has 1 aliphatic rings. The van der Waals surface area contributed by atoms with Gasteiger partial charge in [0.05, 0.1) is 12.8 Å². The molecule has 6 heteroatoms. The van der Waals surface area contributed by atoms with E-state index in [1.165, 1.54) is 24.3 Å². The molecule has 0 spiro atoms. The van der Waals surface area contributed by atoms with E-state index in [1.54, 1.807) is 7.11 Å². The monoisotopic (exact) mass is 358 g/mol. The van der Waals surface area contributed by atoms with Crippen LogP contribution in [0.3, 0.4) is 0 Å². The van der Waals surface area contributed by atoms with Crippen molar-refractivity contribution in [1.29, 1.82) is 0 Å². The lowest BCUT2D eigenvalue weighted by atomic mass is 10.1. The van der Waals surface area contributed by atoms with E-state index in [0.717, 1.165) is 30.9 Å². The van der Waals surface area contributed by atoms with Gasteiger partial charge in [-0.15, -0.1) is 0 Å². The summed E-state index contributed by atoms with van der Waals surface area (Å²) in [6.45, 7) is 2.35. The predicted octanol–water partition coefficient (Wildman–Crippen LogP) is 2.86. The van der Waals surface area contributed by atoms with E-state index in [1.807, 2.05) is 18.2 Å². The third-order valence-electron chi connectivity index (χ3n) is 4.48. The average Bonchev–Trinajstić information content (AvgIpc) is 3.14. The second kappa shape index (κ2) is 8.56. The molecule has 0 aliphatic carbocycles. The number of ether oxygens (including phenoxy) is 2. The van der Waals surface area contributed by atoms with E-state index >= 15 is 0 Å². The molecule has 0 radical (unpaired) electrons. The number of anilines is 1. The molecule has 2 aromatic carbocycles. The fourth-order valence-corrected chi connectivity index (χ4v) is 3.10. The maximum absolute atomic E-state index is 12.8. The van der Waals surface area contributed by atoms with Crippen LogP contribution in [0.25, 0.3) is 0 Å². The van der Waals surface area contributed by atoms with Crippen molar-refractivity contribution in [2.24, 2.45) is 5.92 Å². The molecule has 1 atom stereocenters. The smallest absolute Gasteiger partial charge is 0.257 e. The van der Waals surface area contributed by atoms with Crippen molar-refractivity contribution in [1.82, 2.24) is 5.32 Å². The summed E-state index contributed by atoms with van der Waals surface area (Å²) >= 11 is 0. The molecule has 0 saturated carbocycles. The number of carbonyl (C=O) groups excluding carboxylic acids is 1. The quantitative estimate of drug-likeness (QED) is 0.827. The third kappa shape index (κ3) is 4.65. The van der Waals surface area contributed by atoms with Crippen LogP contribution < -0.4 is 19.7 Å². The molecule has 138 valence electrons. The highest BCUT2D eigenvalue weighted by Crippen LogP contribution is 2.31. The van der Waals surface area contributed by atoms with Gasteiger partial charge in [0.1, 0.15) is 17.3 Å². The minimum absolute atomic E-state index is 0.0748. The average molecular weight is 358 g/mol. The summed E-state index contributed by atoms with van der Waals surface area (Å²) in [5.74, 6) is 1.22. The number of hydrogen-bond acceptors (Lipinski definition) is 4. The van der Waals surface area contributed by atoms with Gasteiger partial charge in [-0.1, -0.05) is 12.1 Å². The molecule has 1 saturated heterocycles. The highest BCUT2D eigenvalue weighted by Gasteiger charge is 2.24. The number of nitrogens with one attached hydrogen (secondary N) is 1. The number of benzene rings is 2. The Kier molecular flexibility index (Phi) is 5.94. The topological polar surface area (TPSA) is 50.8 Å². The van der Waals surface area contributed by atoms with Gasteiger partial charge < -0.3 is 19.7 Å². The summed E-state index contributed by atoms with van der Waals surface area (Å²) < 4.78 is 23.6. The molecule has 2 aromatic rings. The fraction of sp³-hybridized carbons (Fsp3) is 0.350. The van der Waals surface area contributed by atoms with E-state index < -0.39 is 0 Å². The molecule has 0 unspecified atom stereocenters. The van der Waals surface area contributed by atoms with Crippen molar-refractivity contribution in [3.8, 4) is 11.5 Å². The lowest BCUT2D eigenvalue weighted by molar-refractivity contribution is -0.123. The molecule has 3 rings (SSSR count). The number of rotatable bonds is 7. The van der Waals surface area contributed by atoms with E-state index in [-0.39, 0.29) is 18.3 Å². The Morgan fingerprint density at radius 2 is 2.00 bits per heavy atom. The zero-order valence-corrected chi connectivity index (χ0v) is 14.8. The molecule has 1 fully saturated rings. The van der Waals surface area contributed by atoms with Gasteiger partial charge in [-0.2, -0.15) is 0 Å². The van der Waals surface area contributed by atoms with Crippen LogP contribution >= 0.6 is 0 Å². The lowest BCUT2D eigenvalue weighted by Crippen LogP contribution is -2.34. The normalized spacial score (nSPS) is 16.4. The first-order chi connectivity index (χ1) is 12.7. The molecule has 1 heterocycles. The highest BCUT2D eigenvalue weighted by atomic mass is 19.1. The maximum atomic E-state index is 12.8. The lowest BCUT2D eigenvalue weighted by Gasteiger charge is -2.21. The zero-order valence-electron chi connectivity index (χ0n) is 14.8. The number of halogens is 1. The Hall–Kier alpha value is -2.76. The molecule has 5 nitrogen and oxygen atoms in total. The number of methoxy groups -OCH3 is 1. The first-order valence-corrected chi connectivity index (χ1v) is 8.68. The van der Waals surface area contributed by atoms with Gasteiger partial charge in [0, 0.05) is 19.6 Å². The van der Waals surface area contributed by atoms with Crippen molar-refractivity contribution < 1.29 is 18.7 Å². The molecule has 26 heavy (non-hydrogen) atoms. The van der Waals surface area contributed by atoms with Gasteiger partial charge in [-0.3, -0.25) is 4.79 Å². The van der Waals surface area contributed by atoms with Crippen LogP contribution in [0.1, 0.15) is 6.42 Å². The molecule has 0 aromatic heterocycles. The van der Waals surface area contributed by atoms with Crippen LogP contribution in [0.4, 0.5) is 10.1 Å². The number of hydrogen-bond donors (Lipinski definition) is 1. The summed E-state index contributed by atoms with van der Waals surface area (Å²) in [5.41, 5.74) is 1.09. The van der Waals surface area contributed by atoms with Gasteiger partial charge in [0.2, 0.25) is 0 Å². The Morgan fingerprint density at radius 3 is 2.77 bits per heavy atom. The molecule has 0 bridgehead atoms. The Morgan fingerprint density at radius 1 is 1.23 bits per heavy atom. The van der Waals surface area contributed by atoms with E-state index in [2.05, 4.69) is 16.3 Å². The summed E-state index contributed by atoms with van der Waals surface area (Å²) in [6.07, 6.45) is 1.01. The first-order valence-electron chi connectivity index (χ1n) is 8.68. The van der Waals surface area contributed by atoms with Crippen molar-refractivity contribution in [3.63, 3.8) is 0 Å². The minimum Gasteiger partial charge on any atom is -0.495 e. The van der Waals surface area contributed by atoms with Gasteiger partial charge >= 0.3 is 0 Å². The van der Waals surface area contributed by atoms with Crippen LogP contribution in [0.2, 0.25) is 0 Å². The van der Waals surface area contributed by atoms with Crippen molar-refractivity contribution in [2.75, 3.05) is 38.3 Å². The Labute approximate surface area is 152 Å². The molecular weight excluding hydrogens is 335 g/mol. The maximum Gasteiger partial charge on any atom is 0.257 e. The second-order valence-electron chi connectivity index (χ2n) is 6.32.